The van der Waals surface area contributed by atoms with Gasteiger partial charge in [0.05, 0.1) is 0 Å². The maximum Gasteiger partial charge on any atom is 0.176 e. The molecule has 1 N–H and O–H groups in total. The number of rotatable bonds is 3. The molecule has 0 amide bonds. The SMILES string of the molecule is CC(C)[Si]([NH])(c1ccccc1)C(C)C. The van der Waals surface area contributed by atoms with Crippen LogP contribution < -0.4 is 10.6 Å². The van der Waals surface area contributed by atoms with Gasteiger partial charge in [0.15, 0.2) is 8.24 Å². The second kappa shape index (κ2) is 4.28. The fraction of sp³-hybridized carbons (Fsp3) is 0.500. The minimum Gasteiger partial charge on any atom is -0.279 e. The van der Waals surface area contributed by atoms with E-state index in [0.29, 0.717) is 11.1 Å². The summed E-state index contributed by atoms with van der Waals surface area (Å²) in [6, 6.07) is 10.4. The van der Waals surface area contributed by atoms with Crippen LogP contribution in [0.4, 0.5) is 0 Å². The number of benzene rings is 1. The van der Waals surface area contributed by atoms with Gasteiger partial charge in [0.2, 0.25) is 0 Å². The summed E-state index contributed by atoms with van der Waals surface area (Å²) in [4.78, 5) is 0. The molecule has 0 unspecified atom stereocenters. The van der Waals surface area contributed by atoms with Crippen LogP contribution in [-0.4, -0.2) is 8.24 Å². The Balaban J connectivity index is 3.13. The van der Waals surface area contributed by atoms with Crippen LogP contribution in [0.5, 0.6) is 0 Å². The summed E-state index contributed by atoms with van der Waals surface area (Å²) >= 11 is 0. The molecule has 0 atom stereocenters. The Morgan fingerprint density at radius 3 is 1.71 bits per heavy atom. The molecule has 0 aromatic heterocycles. The van der Waals surface area contributed by atoms with E-state index in [2.05, 4.69) is 52.0 Å². The van der Waals surface area contributed by atoms with Crippen molar-refractivity contribution in [3.05, 3.63) is 30.3 Å². The zero-order valence-electron chi connectivity index (χ0n) is 9.54. The molecule has 0 aliphatic heterocycles. The highest BCUT2D eigenvalue weighted by Crippen LogP contribution is 2.28. The van der Waals surface area contributed by atoms with Crippen LogP contribution in [0.3, 0.4) is 0 Å². The van der Waals surface area contributed by atoms with E-state index in [1.165, 1.54) is 5.19 Å². The van der Waals surface area contributed by atoms with Gasteiger partial charge in [-0.15, -0.1) is 0 Å². The Hall–Kier alpha value is -0.603. The first kappa shape index (κ1) is 11.5. The monoisotopic (exact) mass is 206 g/mol. The maximum absolute atomic E-state index is 8.71. The van der Waals surface area contributed by atoms with Crippen LogP contribution in [0.2, 0.25) is 11.1 Å². The van der Waals surface area contributed by atoms with Crippen molar-refractivity contribution >= 4 is 13.4 Å². The molecule has 1 nitrogen and oxygen atoms in total. The third kappa shape index (κ3) is 1.91. The lowest BCUT2D eigenvalue weighted by atomic mass is 10.4. The molecule has 1 rings (SSSR count). The zero-order valence-corrected chi connectivity index (χ0v) is 10.5. The molecular weight excluding hydrogens is 186 g/mol. The second-order valence-electron chi connectivity index (χ2n) is 4.54. The zero-order chi connectivity index (χ0) is 10.8. The molecule has 1 aromatic rings. The highest BCUT2D eigenvalue weighted by Gasteiger charge is 2.38. The van der Waals surface area contributed by atoms with Gasteiger partial charge >= 0.3 is 0 Å². The smallest absolute Gasteiger partial charge is 0.176 e. The molecule has 0 saturated heterocycles. The molecule has 2 heteroatoms. The predicted molar refractivity (Wildman–Crippen MR) is 65.1 cm³/mol. The minimum absolute atomic E-state index is 0.477. The van der Waals surface area contributed by atoms with Crippen LogP contribution in [0.25, 0.3) is 0 Å². The average Bonchev–Trinajstić information content (AvgIpc) is 2.17. The summed E-state index contributed by atoms with van der Waals surface area (Å²) in [5.74, 6) is 0. The Labute approximate surface area is 88.4 Å². The van der Waals surface area contributed by atoms with Crippen molar-refractivity contribution in [3.63, 3.8) is 0 Å². The summed E-state index contributed by atoms with van der Waals surface area (Å²) in [7, 11) is -2.03. The van der Waals surface area contributed by atoms with Crippen molar-refractivity contribution in [2.75, 3.05) is 0 Å². The van der Waals surface area contributed by atoms with E-state index >= 15 is 0 Å². The first-order valence-corrected chi connectivity index (χ1v) is 7.45. The summed E-state index contributed by atoms with van der Waals surface area (Å²) in [6.45, 7) is 8.75. The lowest BCUT2D eigenvalue weighted by molar-refractivity contribution is 0.899. The van der Waals surface area contributed by atoms with E-state index in [9.17, 15) is 0 Å². The molecule has 1 radical (unpaired) electrons. The minimum atomic E-state index is -2.03. The lowest BCUT2D eigenvalue weighted by Crippen LogP contribution is -2.55. The predicted octanol–water partition coefficient (Wildman–Crippen LogP) is 2.94. The van der Waals surface area contributed by atoms with Gasteiger partial charge in [0.25, 0.3) is 0 Å². The van der Waals surface area contributed by atoms with Crippen molar-refractivity contribution < 1.29 is 0 Å². The van der Waals surface area contributed by atoms with Crippen LogP contribution in [0.15, 0.2) is 30.3 Å². The molecule has 0 aliphatic carbocycles. The van der Waals surface area contributed by atoms with Gasteiger partial charge in [-0.2, -0.15) is 0 Å². The average molecular weight is 206 g/mol. The van der Waals surface area contributed by atoms with E-state index in [-0.39, 0.29) is 0 Å². The number of hydrogen-bond donors (Lipinski definition) is 0. The summed E-state index contributed by atoms with van der Waals surface area (Å²) in [6.07, 6.45) is 0. The summed E-state index contributed by atoms with van der Waals surface area (Å²) in [5, 5.41) is 9.98. The van der Waals surface area contributed by atoms with E-state index in [1.54, 1.807) is 0 Å². The van der Waals surface area contributed by atoms with Crippen molar-refractivity contribution in [2.45, 2.75) is 38.8 Å². The molecule has 0 spiro atoms. The van der Waals surface area contributed by atoms with Gasteiger partial charge in [0, 0.05) is 0 Å². The largest absolute Gasteiger partial charge is 0.279 e. The van der Waals surface area contributed by atoms with Crippen LogP contribution in [0.1, 0.15) is 27.7 Å². The Kier molecular flexibility index (Phi) is 3.51. The Morgan fingerprint density at radius 1 is 0.929 bits per heavy atom. The van der Waals surface area contributed by atoms with Crippen molar-refractivity contribution in [3.8, 4) is 0 Å². The van der Waals surface area contributed by atoms with Crippen molar-refractivity contribution in [1.29, 1.82) is 0 Å². The molecule has 0 aliphatic rings. The standard InChI is InChI=1S/C12H20NSi/c1-10(2)14(13,11(3)4)12-8-6-5-7-9-12/h5-11,13H,1-4H3. The van der Waals surface area contributed by atoms with Gasteiger partial charge in [-0.25, -0.2) is 0 Å². The number of nitrogens with one attached hydrogen (secondary N) is 1. The van der Waals surface area contributed by atoms with E-state index in [1.807, 2.05) is 6.07 Å². The molecule has 77 valence electrons. The quantitative estimate of drug-likeness (QED) is 0.679. The lowest BCUT2D eigenvalue weighted by Gasteiger charge is -2.34. The summed E-state index contributed by atoms with van der Waals surface area (Å²) < 4.78 is 0. The highest BCUT2D eigenvalue weighted by molar-refractivity contribution is 6.90. The maximum atomic E-state index is 8.71. The van der Waals surface area contributed by atoms with Crippen molar-refractivity contribution in [2.24, 2.45) is 0 Å². The molecule has 0 heterocycles. The summed E-state index contributed by atoms with van der Waals surface area (Å²) in [5.41, 5.74) is 0.954. The van der Waals surface area contributed by atoms with Gasteiger partial charge in [-0.1, -0.05) is 58.0 Å². The third-order valence-corrected chi connectivity index (χ3v) is 8.00. The normalized spacial score (nSPS) is 12.5. The van der Waals surface area contributed by atoms with Crippen LogP contribution in [-0.2, 0) is 0 Å². The number of hydrogen-bond acceptors (Lipinski definition) is 0. The fourth-order valence-corrected chi connectivity index (χ4v) is 5.46. The van der Waals surface area contributed by atoms with E-state index in [0.717, 1.165) is 0 Å². The van der Waals surface area contributed by atoms with Crippen LogP contribution in [0, 0.1) is 0 Å². The molecule has 14 heavy (non-hydrogen) atoms. The fourth-order valence-electron chi connectivity index (χ4n) is 2.05. The molecule has 1 aromatic carbocycles. The van der Waals surface area contributed by atoms with Crippen LogP contribution >= 0.6 is 0 Å². The van der Waals surface area contributed by atoms with Gasteiger partial charge in [0.1, 0.15) is 0 Å². The van der Waals surface area contributed by atoms with E-state index < -0.39 is 8.24 Å². The van der Waals surface area contributed by atoms with Gasteiger partial charge in [-0.05, 0) is 16.3 Å². The topological polar surface area (TPSA) is 23.8 Å². The second-order valence-corrected chi connectivity index (χ2v) is 9.17. The van der Waals surface area contributed by atoms with Crippen molar-refractivity contribution in [1.82, 2.24) is 5.40 Å². The highest BCUT2D eigenvalue weighted by atomic mass is 28.3. The Bertz CT molecular complexity index is 272. The van der Waals surface area contributed by atoms with Gasteiger partial charge in [-0.3, -0.25) is 5.40 Å². The Morgan fingerprint density at radius 2 is 1.36 bits per heavy atom. The van der Waals surface area contributed by atoms with E-state index in [4.69, 9.17) is 5.40 Å². The molecule has 0 saturated carbocycles. The van der Waals surface area contributed by atoms with Gasteiger partial charge < -0.3 is 0 Å². The molecule has 0 fully saturated rings. The molecular formula is C12H20NSi. The molecule has 0 bridgehead atoms. The first-order chi connectivity index (χ1) is 6.49. The third-order valence-electron chi connectivity index (χ3n) is 3.07. The first-order valence-electron chi connectivity index (χ1n) is 5.30.